The lowest BCUT2D eigenvalue weighted by atomic mass is 9.59. The van der Waals surface area contributed by atoms with Gasteiger partial charge in [0.1, 0.15) is 5.54 Å². The molecule has 2 bridgehead atoms. The summed E-state index contributed by atoms with van der Waals surface area (Å²) >= 11 is 0. The van der Waals surface area contributed by atoms with Crippen molar-refractivity contribution >= 4 is 17.7 Å². The zero-order valence-electron chi connectivity index (χ0n) is 11.4. The van der Waals surface area contributed by atoms with Crippen molar-refractivity contribution in [2.24, 2.45) is 17.8 Å². The summed E-state index contributed by atoms with van der Waals surface area (Å²) in [6.07, 6.45) is 10.2. The fourth-order valence-corrected chi connectivity index (χ4v) is 4.44. The lowest BCUT2D eigenvalue weighted by Crippen LogP contribution is -2.68. The normalized spacial score (nSPS) is 42.3. The predicted octanol–water partition coefficient (Wildman–Crippen LogP) is 0.974. The SMILES string of the molecule is C=CCC[C@@]12C(=O)C=CN1[C@H]1C=C[C@@H]2[C@@H]2C(=O)OC(=O)[C@@H]21. The number of allylic oxidation sites excluding steroid dienone is 1. The van der Waals surface area contributed by atoms with Gasteiger partial charge in [-0.15, -0.1) is 6.58 Å². The van der Waals surface area contributed by atoms with E-state index in [1.807, 2.05) is 17.1 Å². The Labute approximate surface area is 121 Å². The number of cyclic esters (lactones) is 2. The van der Waals surface area contributed by atoms with Gasteiger partial charge in [0.15, 0.2) is 5.78 Å². The van der Waals surface area contributed by atoms with E-state index in [1.165, 1.54) is 0 Å². The molecule has 0 unspecified atom stereocenters. The van der Waals surface area contributed by atoms with Crippen LogP contribution in [-0.2, 0) is 19.1 Å². The van der Waals surface area contributed by atoms with E-state index in [9.17, 15) is 14.4 Å². The molecule has 5 heteroatoms. The van der Waals surface area contributed by atoms with Crippen molar-refractivity contribution in [3.05, 3.63) is 37.1 Å². The quantitative estimate of drug-likeness (QED) is 0.439. The van der Waals surface area contributed by atoms with Crippen molar-refractivity contribution in [1.82, 2.24) is 4.90 Å². The molecular weight excluding hydrogens is 270 g/mol. The Morgan fingerprint density at radius 3 is 2.76 bits per heavy atom. The van der Waals surface area contributed by atoms with Gasteiger partial charge < -0.3 is 9.64 Å². The largest absolute Gasteiger partial charge is 0.393 e. The Kier molecular flexibility index (Phi) is 2.35. The molecule has 0 spiro atoms. The summed E-state index contributed by atoms with van der Waals surface area (Å²) in [4.78, 5) is 38.6. The number of hydrogen-bond acceptors (Lipinski definition) is 5. The molecule has 2 saturated heterocycles. The molecule has 4 heterocycles. The highest BCUT2D eigenvalue weighted by atomic mass is 16.6. The van der Waals surface area contributed by atoms with Gasteiger partial charge in [-0.25, -0.2) is 0 Å². The molecule has 5 rings (SSSR count). The van der Waals surface area contributed by atoms with Crippen LogP contribution in [0.2, 0.25) is 0 Å². The first-order valence-corrected chi connectivity index (χ1v) is 7.17. The molecule has 108 valence electrons. The van der Waals surface area contributed by atoms with Crippen LogP contribution in [0.3, 0.4) is 0 Å². The van der Waals surface area contributed by atoms with Crippen molar-refractivity contribution in [3.63, 3.8) is 0 Å². The number of carbonyl (C=O) groups excluding carboxylic acids is 3. The molecule has 0 amide bonds. The fraction of sp³-hybridized carbons (Fsp3) is 0.438. The molecule has 0 aromatic rings. The average Bonchev–Trinajstić information content (AvgIpc) is 2.98. The number of ether oxygens (including phenoxy) is 1. The van der Waals surface area contributed by atoms with E-state index in [4.69, 9.17) is 4.74 Å². The van der Waals surface area contributed by atoms with Gasteiger partial charge in [-0.1, -0.05) is 18.2 Å². The highest BCUT2D eigenvalue weighted by Gasteiger charge is 2.68. The number of carbonyl (C=O) groups is 3. The summed E-state index contributed by atoms with van der Waals surface area (Å²) in [7, 11) is 0. The van der Waals surface area contributed by atoms with Gasteiger partial charge in [-0.05, 0) is 18.9 Å². The van der Waals surface area contributed by atoms with Gasteiger partial charge in [0.2, 0.25) is 0 Å². The van der Waals surface area contributed by atoms with Crippen LogP contribution in [-0.4, -0.2) is 34.2 Å². The maximum Gasteiger partial charge on any atom is 0.319 e. The molecule has 0 aromatic heterocycles. The summed E-state index contributed by atoms with van der Waals surface area (Å²) in [5.41, 5.74) is -0.752. The van der Waals surface area contributed by atoms with Crippen molar-refractivity contribution in [2.45, 2.75) is 24.4 Å². The van der Waals surface area contributed by atoms with Crippen LogP contribution in [0, 0.1) is 17.8 Å². The first-order valence-electron chi connectivity index (χ1n) is 7.17. The van der Waals surface area contributed by atoms with E-state index in [-0.39, 0.29) is 17.7 Å². The van der Waals surface area contributed by atoms with E-state index >= 15 is 0 Å². The molecule has 1 aliphatic carbocycles. The lowest BCUT2D eigenvalue weighted by Gasteiger charge is -2.56. The van der Waals surface area contributed by atoms with E-state index in [0.29, 0.717) is 12.8 Å². The molecule has 0 N–H and O–H groups in total. The highest BCUT2D eigenvalue weighted by molar-refractivity contribution is 6.04. The number of hydrogen-bond donors (Lipinski definition) is 0. The molecule has 0 saturated carbocycles. The van der Waals surface area contributed by atoms with Crippen LogP contribution in [0.1, 0.15) is 12.8 Å². The van der Waals surface area contributed by atoms with E-state index < -0.39 is 29.3 Å². The Morgan fingerprint density at radius 1 is 1.24 bits per heavy atom. The van der Waals surface area contributed by atoms with Gasteiger partial charge in [0, 0.05) is 12.1 Å². The number of nitrogens with zero attached hydrogens (tertiary/aromatic N) is 1. The number of rotatable bonds is 3. The summed E-state index contributed by atoms with van der Waals surface area (Å²) in [6.45, 7) is 3.72. The van der Waals surface area contributed by atoms with Crippen molar-refractivity contribution in [2.75, 3.05) is 0 Å². The lowest BCUT2D eigenvalue weighted by molar-refractivity contribution is -0.153. The molecular formula is C16H15NO4. The maximum atomic E-state index is 12.6. The molecule has 2 fully saturated rings. The standard InChI is InChI=1S/C16H15NO4/c1-2-3-7-16-9-4-5-10(17(16)8-6-11(16)18)13-12(9)14(19)21-15(13)20/h2,4-6,8-10,12-13H,1,3,7H2/t9-,10+,12+,13-,16-/m1/s1. The van der Waals surface area contributed by atoms with Crippen LogP contribution in [0.15, 0.2) is 37.1 Å². The average molecular weight is 285 g/mol. The Morgan fingerprint density at radius 2 is 2.00 bits per heavy atom. The molecule has 5 aliphatic rings. The topological polar surface area (TPSA) is 63.7 Å². The van der Waals surface area contributed by atoms with Gasteiger partial charge in [-0.2, -0.15) is 0 Å². The second kappa shape index (κ2) is 3.93. The smallest absolute Gasteiger partial charge is 0.319 e. The minimum absolute atomic E-state index is 0.00861. The van der Waals surface area contributed by atoms with Crippen molar-refractivity contribution in [1.29, 1.82) is 0 Å². The van der Waals surface area contributed by atoms with Crippen molar-refractivity contribution in [3.8, 4) is 0 Å². The first-order chi connectivity index (χ1) is 10.1. The number of esters is 2. The maximum absolute atomic E-state index is 12.6. The predicted molar refractivity (Wildman–Crippen MR) is 72.6 cm³/mol. The molecule has 0 aromatic carbocycles. The second-order valence-corrected chi connectivity index (χ2v) is 6.03. The van der Waals surface area contributed by atoms with E-state index in [2.05, 4.69) is 6.58 Å². The van der Waals surface area contributed by atoms with E-state index in [1.54, 1.807) is 18.4 Å². The molecule has 0 radical (unpaired) electrons. The zero-order chi connectivity index (χ0) is 14.8. The monoisotopic (exact) mass is 285 g/mol. The Bertz CT molecular complexity index is 634. The number of ketones is 1. The summed E-state index contributed by atoms with van der Waals surface area (Å²) < 4.78 is 4.84. The Balaban J connectivity index is 1.85. The minimum atomic E-state index is -0.752. The minimum Gasteiger partial charge on any atom is -0.393 e. The van der Waals surface area contributed by atoms with Crippen LogP contribution in [0.25, 0.3) is 0 Å². The van der Waals surface area contributed by atoms with Crippen LogP contribution in [0.5, 0.6) is 0 Å². The number of piperidine rings is 1. The summed E-state index contributed by atoms with van der Waals surface area (Å²) in [5.74, 6) is -2.27. The van der Waals surface area contributed by atoms with E-state index in [0.717, 1.165) is 0 Å². The zero-order valence-corrected chi connectivity index (χ0v) is 11.4. The summed E-state index contributed by atoms with van der Waals surface area (Å²) in [5, 5.41) is 0. The second-order valence-electron chi connectivity index (χ2n) is 6.03. The third-order valence-corrected chi connectivity index (χ3v) is 5.28. The van der Waals surface area contributed by atoms with Gasteiger partial charge >= 0.3 is 11.9 Å². The molecule has 21 heavy (non-hydrogen) atoms. The van der Waals surface area contributed by atoms with Crippen molar-refractivity contribution < 1.29 is 19.1 Å². The molecule has 5 atom stereocenters. The highest BCUT2D eigenvalue weighted by Crippen LogP contribution is 2.55. The third kappa shape index (κ3) is 1.29. The fourth-order valence-electron chi connectivity index (χ4n) is 4.44. The third-order valence-electron chi connectivity index (χ3n) is 5.28. The molecule has 4 aliphatic heterocycles. The van der Waals surface area contributed by atoms with Gasteiger partial charge in [0.25, 0.3) is 0 Å². The van der Waals surface area contributed by atoms with Gasteiger partial charge in [0.05, 0.1) is 17.9 Å². The molecule has 5 nitrogen and oxygen atoms in total. The first kappa shape index (κ1) is 12.6. The van der Waals surface area contributed by atoms with Crippen LogP contribution < -0.4 is 0 Å². The van der Waals surface area contributed by atoms with Crippen LogP contribution >= 0.6 is 0 Å². The Hall–Kier alpha value is -2.17. The van der Waals surface area contributed by atoms with Gasteiger partial charge in [-0.3, -0.25) is 14.4 Å². The van der Waals surface area contributed by atoms with Crippen LogP contribution in [0.4, 0.5) is 0 Å². The summed E-state index contributed by atoms with van der Waals surface area (Å²) in [6, 6.07) is -0.272.